The Morgan fingerprint density at radius 1 is 1.20 bits per heavy atom. The van der Waals surface area contributed by atoms with E-state index in [1.165, 1.54) is 18.2 Å². The molecule has 9 heteroatoms. The van der Waals surface area contributed by atoms with Crippen LogP contribution in [-0.2, 0) is 21.2 Å². The fourth-order valence-electron chi connectivity index (χ4n) is 3.27. The number of amides is 2. The lowest BCUT2D eigenvalue weighted by atomic mass is 9.95. The van der Waals surface area contributed by atoms with Crippen LogP contribution in [0.4, 0.5) is 5.69 Å². The van der Waals surface area contributed by atoms with Gasteiger partial charge in [0, 0.05) is 12.1 Å². The second-order valence-electron chi connectivity index (χ2n) is 7.73. The topological polar surface area (TPSA) is 92.8 Å². The van der Waals surface area contributed by atoms with Crippen molar-refractivity contribution in [2.24, 2.45) is 5.41 Å². The third kappa shape index (κ3) is 4.44. The Kier molecular flexibility index (Phi) is 6.10. The molecule has 160 valence electrons. The van der Waals surface area contributed by atoms with Gasteiger partial charge in [0.25, 0.3) is 5.91 Å². The molecule has 0 aliphatic carbocycles. The molecule has 2 aromatic carbocycles. The van der Waals surface area contributed by atoms with Crippen LogP contribution in [0.25, 0.3) is 0 Å². The van der Waals surface area contributed by atoms with Crippen LogP contribution in [0.3, 0.4) is 0 Å². The molecular formula is C21H23ClN2O5S. The fourth-order valence-corrected chi connectivity index (χ4v) is 5.63. The first kappa shape index (κ1) is 22.1. The fraction of sp³-hybridized carbons (Fsp3) is 0.333. The lowest BCUT2D eigenvalue weighted by Gasteiger charge is -2.19. The molecule has 0 saturated carbocycles. The van der Waals surface area contributed by atoms with E-state index in [-0.39, 0.29) is 27.9 Å². The van der Waals surface area contributed by atoms with Gasteiger partial charge in [0.15, 0.2) is 0 Å². The summed E-state index contributed by atoms with van der Waals surface area (Å²) in [5, 5.41) is 2.88. The summed E-state index contributed by atoms with van der Waals surface area (Å²) in [6.07, 6.45) is 0.614. The zero-order valence-corrected chi connectivity index (χ0v) is 18.5. The maximum absolute atomic E-state index is 12.6. The molecule has 1 saturated heterocycles. The molecule has 0 radical (unpaired) electrons. The van der Waals surface area contributed by atoms with Crippen molar-refractivity contribution in [2.45, 2.75) is 20.3 Å². The maximum atomic E-state index is 12.6. The summed E-state index contributed by atoms with van der Waals surface area (Å²) in [6.45, 7) is 3.52. The van der Waals surface area contributed by atoms with Crippen LogP contribution in [0.5, 0.6) is 5.75 Å². The van der Waals surface area contributed by atoms with Crippen molar-refractivity contribution in [3.63, 3.8) is 0 Å². The van der Waals surface area contributed by atoms with Crippen molar-refractivity contribution in [1.29, 1.82) is 0 Å². The summed E-state index contributed by atoms with van der Waals surface area (Å²) in [4.78, 5) is 25.2. The summed E-state index contributed by atoms with van der Waals surface area (Å²) in [5.41, 5.74) is 0.189. The average molecular weight is 451 g/mol. The molecule has 0 bridgehead atoms. The lowest BCUT2D eigenvalue weighted by Crippen LogP contribution is -2.33. The number of benzene rings is 2. The van der Waals surface area contributed by atoms with Gasteiger partial charge >= 0.3 is 0 Å². The van der Waals surface area contributed by atoms with Gasteiger partial charge in [0.2, 0.25) is 15.9 Å². The zero-order valence-electron chi connectivity index (χ0n) is 16.9. The molecule has 2 aromatic rings. The normalized spacial score (nSPS) is 17.1. The number of halogens is 1. The van der Waals surface area contributed by atoms with E-state index in [1.807, 2.05) is 24.3 Å². The van der Waals surface area contributed by atoms with Gasteiger partial charge in [-0.1, -0.05) is 23.7 Å². The monoisotopic (exact) mass is 450 g/mol. The van der Waals surface area contributed by atoms with Crippen molar-refractivity contribution in [3.8, 4) is 5.75 Å². The number of nitrogens with one attached hydrogen (secondary N) is 1. The van der Waals surface area contributed by atoms with E-state index >= 15 is 0 Å². The van der Waals surface area contributed by atoms with Crippen molar-refractivity contribution in [3.05, 3.63) is 58.6 Å². The highest BCUT2D eigenvalue weighted by Gasteiger charge is 2.50. The molecule has 1 aliphatic heterocycles. The van der Waals surface area contributed by atoms with Crippen molar-refractivity contribution in [2.75, 3.05) is 23.7 Å². The quantitative estimate of drug-likeness (QED) is 0.730. The minimum Gasteiger partial charge on any atom is -0.497 e. The molecule has 1 aliphatic rings. The number of nitrogens with zero attached hydrogens (tertiary/aromatic N) is 1. The molecule has 7 nitrogen and oxygen atoms in total. The van der Waals surface area contributed by atoms with Crippen LogP contribution >= 0.6 is 11.6 Å². The van der Waals surface area contributed by atoms with Gasteiger partial charge in [-0.2, -0.15) is 0 Å². The molecule has 0 spiro atoms. The first-order valence-electron chi connectivity index (χ1n) is 9.33. The second kappa shape index (κ2) is 8.28. The third-order valence-electron chi connectivity index (χ3n) is 4.87. The first-order valence-corrected chi connectivity index (χ1v) is 11.3. The number of hydrogen-bond acceptors (Lipinski definition) is 5. The first-order chi connectivity index (χ1) is 14.0. The Labute approximate surface area is 181 Å². The van der Waals surface area contributed by atoms with Crippen molar-refractivity contribution in [1.82, 2.24) is 5.32 Å². The molecular weight excluding hydrogens is 428 g/mol. The summed E-state index contributed by atoms with van der Waals surface area (Å²) >= 11 is 6.18. The highest BCUT2D eigenvalue weighted by Crippen LogP contribution is 2.39. The lowest BCUT2D eigenvalue weighted by molar-refractivity contribution is -0.123. The maximum Gasteiger partial charge on any atom is 0.251 e. The molecule has 30 heavy (non-hydrogen) atoms. The molecule has 2 amide bonds. The van der Waals surface area contributed by atoms with Gasteiger partial charge in [-0.3, -0.25) is 9.59 Å². The summed E-state index contributed by atoms with van der Waals surface area (Å²) in [6, 6.07) is 11.8. The largest absolute Gasteiger partial charge is 0.497 e. The van der Waals surface area contributed by atoms with E-state index in [9.17, 15) is 18.0 Å². The number of methoxy groups -OCH3 is 1. The smallest absolute Gasteiger partial charge is 0.251 e. The highest BCUT2D eigenvalue weighted by atomic mass is 35.5. The van der Waals surface area contributed by atoms with Crippen LogP contribution < -0.4 is 14.4 Å². The second-order valence-corrected chi connectivity index (χ2v) is 9.95. The minimum absolute atomic E-state index is 0.00459. The van der Waals surface area contributed by atoms with E-state index in [4.69, 9.17) is 16.3 Å². The molecule has 0 unspecified atom stereocenters. The molecule has 0 aromatic heterocycles. The van der Waals surface area contributed by atoms with Crippen molar-refractivity contribution < 1.29 is 22.7 Å². The number of hydrogen-bond donors (Lipinski definition) is 1. The van der Waals surface area contributed by atoms with Gasteiger partial charge in [-0.15, -0.1) is 0 Å². The summed E-state index contributed by atoms with van der Waals surface area (Å²) in [5.74, 6) is -0.509. The van der Waals surface area contributed by atoms with Gasteiger partial charge < -0.3 is 10.1 Å². The minimum atomic E-state index is -3.86. The molecule has 3 rings (SSSR count). The predicted molar refractivity (Wildman–Crippen MR) is 116 cm³/mol. The number of sulfonamides is 1. The average Bonchev–Trinajstić information content (AvgIpc) is 2.85. The van der Waals surface area contributed by atoms with E-state index in [1.54, 1.807) is 21.0 Å². The molecule has 0 atom stereocenters. The Balaban J connectivity index is 1.74. The van der Waals surface area contributed by atoms with Crippen LogP contribution in [-0.4, -0.2) is 39.6 Å². The van der Waals surface area contributed by atoms with Gasteiger partial charge in [0.1, 0.15) is 5.75 Å². The van der Waals surface area contributed by atoms with Crippen LogP contribution in [0.1, 0.15) is 29.8 Å². The number of ether oxygens (including phenoxy) is 1. The molecule has 1 N–H and O–H groups in total. The Morgan fingerprint density at radius 3 is 2.43 bits per heavy atom. The Hall–Kier alpha value is -2.58. The van der Waals surface area contributed by atoms with E-state index in [0.29, 0.717) is 17.3 Å². The molecule has 1 fully saturated rings. The number of rotatable bonds is 6. The van der Waals surface area contributed by atoms with Crippen molar-refractivity contribution >= 4 is 39.1 Å². The van der Waals surface area contributed by atoms with Crippen LogP contribution in [0.2, 0.25) is 5.02 Å². The van der Waals surface area contributed by atoms with Gasteiger partial charge in [-0.05, 0) is 56.2 Å². The van der Waals surface area contributed by atoms with E-state index < -0.39 is 21.3 Å². The SMILES string of the molecule is COc1ccc(CCNC(=O)c2ccc(Cl)c(N3C(=O)C(C)(C)CS3(=O)=O)c2)cc1. The Bertz CT molecular complexity index is 1080. The summed E-state index contributed by atoms with van der Waals surface area (Å²) < 4.78 is 30.9. The number of carbonyl (C=O) groups is 2. The van der Waals surface area contributed by atoms with E-state index in [2.05, 4.69) is 5.32 Å². The number of carbonyl (C=O) groups excluding carboxylic acids is 2. The number of anilines is 1. The van der Waals surface area contributed by atoms with Crippen LogP contribution in [0.15, 0.2) is 42.5 Å². The zero-order chi connectivity index (χ0) is 22.1. The molecule has 1 heterocycles. The predicted octanol–water partition coefficient (Wildman–Crippen LogP) is 3.02. The summed E-state index contributed by atoms with van der Waals surface area (Å²) in [7, 11) is -2.27. The van der Waals surface area contributed by atoms with E-state index in [0.717, 1.165) is 11.3 Å². The standard InChI is InChI=1S/C21H23ClN2O5S/c1-21(2)13-30(27,28)24(20(21)26)18-12-15(6-9-17(18)22)19(25)23-11-10-14-4-7-16(29-3)8-5-14/h4-9,12H,10-11,13H2,1-3H3,(H,23,25). The van der Waals surface area contributed by atoms with Crippen LogP contribution in [0, 0.1) is 5.41 Å². The van der Waals surface area contributed by atoms with Gasteiger partial charge in [0.05, 0.1) is 29.0 Å². The third-order valence-corrected chi connectivity index (χ3v) is 7.20. The Morgan fingerprint density at radius 2 is 1.87 bits per heavy atom. The highest BCUT2D eigenvalue weighted by molar-refractivity contribution is 7.94. The van der Waals surface area contributed by atoms with Gasteiger partial charge in [-0.25, -0.2) is 12.7 Å².